The van der Waals surface area contributed by atoms with Gasteiger partial charge in [-0.25, -0.2) is 0 Å². The molecule has 0 aliphatic rings. The van der Waals surface area contributed by atoms with Crippen LogP contribution in [0.1, 0.15) is 0 Å². The Labute approximate surface area is 94.1 Å². The number of rotatable bonds is 0. The van der Waals surface area contributed by atoms with E-state index in [-0.39, 0.29) is 64.6 Å². The average molecular weight is 312 g/mol. The van der Waals surface area contributed by atoms with Gasteiger partial charge in [0.05, 0.1) is 0 Å². The van der Waals surface area contributed by atoms with E-state index in [1.54, 1.807) is 0 Å². The minimum atomic E-state index is -6.17. The molecule has 0 aliphatic heterocycles. The third-order valence-corrected chi connectivity index (χ3v) is 0. The molecule has 0 amide bonds. The number of hydrogen-bond donors (Lipinski definition) is 0. The summed E-state index contributed by atoms with van der Waals surface area (Å²) in [6.45, 7) is 0. The Balaban J connectivity index is -0.0000000267. The molecule has 0 fully saturated rings. The summed E-state index contributed by atoms with van der Waals surface area (Å²) in [7, 11) is 0. The van der Waals surface area contributed by atoms with E-state index in [4.69, 9.17) is 14.3 Å². The molecule has 0 spiro atoms. The molecule has 40 valence electrons. The summed E-state index contributed by atoms with van der Waals surface area (Å²) < 4.78 is 34.6. The van der Waals surface area contributed by atoms with E-state index in [0.717, 1.165) is 0 Å². The van der Waals surface area contributed by atoms with E-state index in [2.05, 4.69) is 0 Å². The van der Waals surface area contributed by atoms with Crippen LogP contribution in [0.15, 0.2) is 0 Å². The van der Waals surface area contributed by atoms with E-state index in [0.29, 0.717) is 0 Å². The summed E-state index contributed by atoms with van der Waals surface area (Å²) in [5.41, 5.74) is 0. The predicted molar refractivity (Wildman–Crippen MR) is 4.99 cm³/mol. The van der Waals surface area contributed by atoms with E-state index >= 15 is 0 Å². The minimum absolute atomic E-state index is 0. The summed E-state index contributed by atoms with van der Waals surface area (Å²) in [6.07, 6.45) is 0. The van der Waals surface area contributed by atoms with Gasteiger partial charge >= 0.3 is 90.2 Å². The van der Waals surface area contributed by atoms with Gasteiger partial charge in [0, 0.05) is 0 Å². The Bertz CT molecular complexity index is 93.6. The second-order valence-electron chi connectivity index (χ2n) is 0.408. The van der Waals surface area contributed by atoms with Crippen LogP contribution in [0.3, 0.4) is 0 Å². The van der Waals surface area contributed by atoms with Gasteiger partial charge in [0.25, 0.3) is 0 Å². The first-order valence-corrected chi connectivity index (χ1v) is 5.46. The zero-order valence-electron chi connectivity index (χ0n) is 4.54. The molecule has 0 atom stereocenters. The van der Waals surface area contributed by atoms with Crippen LogP contribution in [0.5, 0.6) is 0 Å². The summed E-state index contributed by atoms with van der Waals surface area (Å²) in [4.78, 5) is 0. The molecule has 0 aliphatic carbocycles. The van der Waals surface area contributed by atoms with Crippen molar-refractivity contribution in [3.63, 3.8) is 0 Å². The molecule has 0 bridgehead atoms. The topological polar surface area (TPSA) is 112 Å². The van der Waals surface area contributed by atoms with Crippen LogP contribution in [-0.2, 0) is 23.5 Å². The Morgan fingerprint density at radius 3 is 1.00 bits per heavy atom. The van der Waals surface area contributed by atoms with Gasteiger partial charge < -0.3 is 5.48 Å². The molecular weight excluding hydrogens is 310 g/mol. The van der Waals surface area contributed by atoms with Crippen LogP contribution in [0.2, 0.25) is 0 Å². The van der Waals surface area contributed by atoms with E-state index in [1.165, 1.54) is 0 Å². The molecule has 5 nitrogen and oxygen atoms in total. The van der Waals surface area contributed by atoms with Gasteiger partial charge in [0.15, 0.2) is 0 Å². The molecule has 8 heavy (non-hydrogen) atoms. The zero-order valence-corrected chi connectivity index (χ0v) is 11.5. The molecule has 0 saturated heterocycles. The van der Waals surface area contributed by atoms with Gasteiger partial charge in [-0.15, -0.1) is 0 Å². The van der Waals surface area contributed by atoms with Crippen LogP contribution in [0, 0.1) is 0 Å². The monoisotopic (exact) mass is 312 g/mol. The molecule has 2 N–H and O–H groups in total. The molecule has 0 aromatic carbocycles. The average Bonchev–Trinajstić information content (AvgIpc) is 0.722. The molecule has 0 radical (unpaired) electrons. The van der Waals surface area contributed by atoms with Crippen LogP contribution in [0.25, 0.3) is 0 Å². The standard InChI is InChI=1S/2Na.H2O.4O.W/h;;1H2;;;;;/q2*+1;;;;2*-1;. The fourth-order valence-corrected chi connectivity index (χ4v) is 0. The van der Waals surface area contributed by atoms with E-state index in [9.17, 15) is 0 Å². The second kappa shape index (κ2) is 9.17. The predicted octanol–water partition coefficient (Wildman–Crippen LogP) is -9.43. The fraction of sp³-hybridized carbons (Fsp3) is 0. The van der Waals surface area contributed by atoms with Gasteiger partial charge in [-0.3, -0.25) is 0 Å². The SMILES string of the molecule is O.[Na+].[Na+].[O]=[W](=[O])([O-])[O-]. The van der Waals surface area contributed by atoms with Crippen molar-refractivity contribution in [1.82, 2.24) is 0 Å². The van der Waals surface area contributed by atoms with Gasteiger partial charge in [-0.1, -0.05) is 0 Å². The summed E-state index contributed by atoms with van der Waals surface area (Å²) >= 11 is -6.17. The molecule has 0 unspecified atom stereocenters. The Morgan fingerprint density at radius 2 is 1.00 bits per heavy atom. The Hall–Kier alpha value is 2.17. The van der Waals surface area contributed by atoms with Gasteiger partial charge in [0.2, 0.25) is 0 Å². The van der Waals surface area contributed by atoms with Crippen LogP contribution in [0.4, 0.5) is 0 Å². The number of hydrogen-bond acceptors (Lipinski definition) is 4. The maximum atomic E-state index is 8.65. The summed E-state index contributed by atoms with van der Waals surface area (Å²) in [5, 5.41) is 0. The third-order valence-electron chi connectivity index (χ3n) is 0. The van der Waals surface area contributed by atoms with E-state index in [1.807, 2.05) is 0 Å². The van der Waals surface area contributed by atoms with Crippen LogP contribution in [-0.4, -0.2) is 5.48 Å². The zero-order chi connectivity index (χ0) is 4.50. The summed E-state index contributed by atoms with van der Waals surface area (Å²) in [6, 6.07) is 0. The van der Waals surface area contributed by atoms with Gasteiger partial charge in [-0.2, -0.15) is 0 Å². The van der Waals surface area contributed by atoms with Crippen molar-refractivity contribution in [1.29, 1.82) is 0 Å². The molecule has 0 aromatic rings. The van der Waals surface area contributed by atoms with Crippen molar-refractivity contribution in [2.75, 3.05) is 0 Å². The van der Waals surface area contributed by atoms with Crippen molar-refractivity contribution >= 4 is 0 Å². The third kappa shape index (κ3) is 89.3. The Morgan fingerprint density at radius 1 is 1.00 bits per heavy atom. The van der Waals surface area contributed by atoms with Crippen molar-refractivity contribution in [3.05, 3.63) is 0 Å². The van der Waals surface area contributed by atoms with Gasteiger partial charge in [0.1, 0.15) is 0 Å². The molecule has 8 heteroatoms. The molecule has 0 heterocycles. The molecular formula is H2Na2O5W. The van der Waals surface area contributed by atoms with Crippen molar-refractivity contribution < 1.29 is 95.7 Å². The van der Waals surface area contributed by atoms with Crippen LogP contribution >= 0.6 is 0 Å². The summed E-state index contributed by atoms with van der Waals surface area (Å²) in [5.74, 6) is 0. The van der Waals surface area contributed by atoms with Crippen molar-refractivity contribution in [2.45, 2.75) is 0 Å². The van der Waals surface area contributed by atoms with Crippen molar-refractivity contribution in [3.8, 4) is 0 Å². The van der Waals surface area contributed by atoms with Crippen LogP contribution < -0.4 is 66.6 Å². The normalized spacial score (nSPS) is 7.25. The first-order valence-electron chi connectivity index (χ1n) is 0.667. The molecule has 0 saturated carbocycles. The van der Waals surface area contributed by atoms with E-state index < -0.39 is 16.7 Å². The quantitative estimate of drug-likeness (QED) is 0.413. The van der Waals surface area contributed by atoms with Crippen molar-refractivity contribution in [2.24, 2.45) is 0 Å². The molecule has 0 aromatic heterocycles. The second-order valence-corrected chi connectivity index (χ2v) is 3.34. The Kier molecular flexibility index (Phi) is 25.7. The first kappa shape index (κ1) is 22.5. The van der Waals surface area contributed by atoms with Gasteiger partial charge in [-0.05, 0) is 0 Å². The molecule has 0 rings (SSSR count). The fourth-order valence-electron chi connectivity index (χ4n) is 0. The maximum absolute atomic E-state index is 8.65. The first-order chi connectivity index (χ1) is 2.00.